The summed E-state index contributed by atoms with van der Waals surface area (Å²) in [5.41, 5.74) is 0. The molecule has 0 aliphatic carbocycles. The number of phosphoric ester groups is 1. The molecule has 0 aromatic rings. The van der Waals surface area contributed by atoms with Crippen molar-refractivity contribution in [3.8, 4) is 0 Å². The summed E-state index contributed by atoms with van der Waals surface area (Å²) in [7, 11) is 1.23. The van der Waals surface area contributed by atoms with Gasteiger partial charge in [-0.05, 0) is 77.0 Å². The van der Waals surface area contributed by atoms with Crippen molar-refractivity contribution in [3.05, 3.63) is 60.8 Å². The van der Waals surface area contributed by atoms with Gasteiger partial charge in [0.1, 0.15) is 13.2 Å². The lowest BCUT2D eigenvalue weighted by Crippen LogP contribution is -2.45. The predicted molar refractivity (Wildman–Crippen MR) is 261 cm³/mol. The molecule has 0 radical (unpaired) electrons. The number of hydrogen-bond donors (Lipinski definition) is 2. The molecule has 3 atom stereocenters. The molecule has 9 heteroatoms. The van der Waals surface area contributed by atoms with Gasteiger partial charge in [0.2, 0.25) is 5.91 Å². The lowest BCUT2D eigenvalue weighted by Gasteiger charge is -2.29. The summed E-state index contributed by atoms with van der Waals surface area (Å²) < 4.78 is 23.2. The molecule has 0 bridgehead atoms. The average Bonchev–Trinajstić information content (AvgIpc) is 3.21. The standard InChI is InChI=1S/C52H97N2O6P/c1-6-8-10-12-14-16-18-20-22-23-24-25-26-27-28-29-30-31-32-34-36-38-40-42-44-46-52(56)53-50(49-60-61(57,58)59-48-47-54(3,4)5)51(55)45-43-41-39-37-35-33-21-19-17-15-13-11-9-7-2/h17,19,24-25,27-28,35,37,43,45,50-51,55H,6-16,18,20-23,26,29-34,36,38-42,44,46-49H2,1-5H3,(H-,53,56,57,58)/b19-17+,25-24-,28-27-,37-35+,45-43+. The first-order valence-electron chi connectivity index (χ1n) is 25.2. The Labute approximate surface area is 377 Å². The van der Waals surface area contributed by atoms with E-state index in [2.05, 4.69) is 67.8 Å². The summed E-state index contributed by atoms with van der Waals surface area (Å²) in [6.07, 6.45) is 57.1. The molecule has 0 rings (SSSR count). The van der Waals surface area contributed by atoms with Crippen molar-refractivity contribution < 1.29 is 32.9 Å². The zero-order valence-electron chi connectivity index (χ0n) is 40.4. The lowest BCUT2D eigenvalue weighted by molar-refractivity contribution is -0.870. The van der Waals surface area contributed by atoms with E-state index in [4.69, 9.17) is 9.05 Å². The van der Waals surface area contributed by atoms with Crippen LogP contribution in [0.5, 0.6) is 0 Å². The molecular weight excluding hydrogens is 780 g/mol. The van der Waals surface area contributed by atoms with Gasteiger partial charge < -0.3 is 28.8 Å². The van der Waals surface area contributed by atoms with E-state index in [0.29, 0.717) is 17.4 Å². The first kappa shape index (κ1) is 59.2. The second-order valence-corrected chi connectivity index (χ2v) is 19.6. The molecular formula is C52H97N2O6P. The number of amides is 1. The van der Waals surface area contributed by atoms with Crippen LogP contribution in [0, 0.1) is 0 Å². The largest absolute Gasteiger partial charge is 0.756 e. The van der Waals surface area contributed by atoms with Crippen LogP contribution in [0.2, 0.25) is 0 Å². The summed E-state index contributed by atoms with van der Waals surface area (Å²) in [6, 6.07) is -0.913. The van der Waals surface area contributed by atoms with Crippen molar-refractivity contribution in [1.82, 2.24) is 5.32 Å². The SMILES string of the molecule is CCCCCC/C=C/CC/C=C/CC/C=C/C(O)C(COP(=O)([O-])OCC[N+](C)(C)C)NC(=O)CCCCCCCCCCC/C=C\C/C=C\CCCCCCCCCCC. The van der Waals surface area contributed by atoms with E-state index in [1.165, 1.54) is 135 Å². The topological polar surface area (TPSA) is 108 Å². The average molecular weight is 877 g/mol. The van der Waals surface area contributed by atoms with Crippen LogP contribution in [0.4, 0.5) is 0 Å². The summed E-state index contributed by atoms with van der Waals surface area (Å²) in [4.78, 5) is 25.4. The van der Waals surface area contributed by atoms with Gasteiger partial charge in [-0.25, -0.2) is 0 Å². The molecule has 0 aliphatic rings. The van der Waals surface area contributed by atoms with E-state index in [9.17, 15) is 19.4 Å². The highest BCUT2D eigenvalue weighted by Gasteiger charge is 2.23. The first-order chi connectivity index (χ1) is 29.5. The highest BCUT2D eigenvalue weighted by atomic mass is 31.2. The molecule has 0 aromatic heterocycles. The smallest absolute Gasteiger partial charge is 0.268 e. The third-order valence-corrected chi connectivity index (χ3v) is 11.9. The maximum atomic E-state index is 12.9. The summed E-state index contributed by atoms with van der Waals surface area (Å²) in [5.74, 6) is -0.218. The highest BCUT2D eigenvalue weighted by molar-refractivity contribution is 7.45. The molecule has 0 spiro atoms. The van der Waals surface area contributed by atoms with Crippen LogP contribution >= 0.6 is 7.82 Å². The maximum absolute atomic E-state index is 12.9. The number of hydrogen-bond acceptors (Lipinski definition) is 6. The highest BCUT2D eigenvalue weighted by Crippen LogP contribution is 2.38. The molecule has 1 amide bonds. The second-order valence-electron chi connectivity index (χ2n) is 18.1. The van der Waals surface area contributed by atoms with Gasteiger partial charge >= 0.3 is 0 Å². The molecule has 0 fully saturated rings. The van der Waals surface area contributed by atoms with Crippen LogP contribution < -0.4 is 10.2 Å². The number of phosphoric acid groups is 1. The number of nitrogens with one attached hydrogen (secondary N) is 1. The van der Waals surface area contributed by atoms with Gasteiger partial charge in [0.15, 0.2) is 0 Å². The van der Waals surface area contributed by atoms with E-state index in [-0.39, 0.29) is 12.5 Å². The van der Waals surface area contributed by atoms with Gasteiger partial charge in [-0.3, -0.25) is 9.36 Å². The van der Waals surface area contributed by atoms with Crippen LogP contribution in [0.25, 0.3) is 0 Å². The van der Waals surface area contributed by atoms with E-state index in [0.717, 1.165) is 57.8 Å². The van der Waals surface area contributed by atoms with Gasteiger partial charge in [-0.2, -0.15) is 0 Å². The Bertz CT molecular complexity index is 1180. The Kier molecular flexibility index (Phi) is 42.2. The van der Waals surface area contributed by atoms with Crippen LogP contribution in [0.1, 0.15) is 213 Å². The Morgan fingerprint density at radius 2 is 0.967 bits per heavy atom. The number of rotatable bonds is 45. The number of carbonyl (C=O) groups excluding carboxylic acids is 1. The molecule has 0 aromatic carbocycles. The lowest BCUT2D eigenvalue weighted by atomic mass is 10.1. The minimum absolute atomic E-state index is 0.0119. The Balaban J connectivity index is 4.31. The normalized spacial score (nSPS) is 14.7. The Morgan fingerprint density at radius 3 is 1.44 bits per heavy atom. The Hall–Kier alpha value is -1.80. The van der Waals surface area contributed by atoms with Crippen molar-refractivity contribution in [2.45, 2.75) is 225 Å². The summed E-state index contributed by atoms with van der Waals surface area (Å²) in [5, 5.41) is 13.8. The minimum Gasteiger partial charge on any atom is -0.756 e. The van der Waals surface area contributed by atoms with Crippen molar-refractivity contribution in [3.63, 3.8) is 0 Å². The van der Waals surface area contributed by atoms with E-state index in [1.54, 1.807) is 6.08 Å². The fourth-order valence-electron chi connectivity index (χ4n) is 6.92. The fraction of sp³-hybridized carbons (Fsp3) is 0.788. The number of likely N-dealkylation sites (N-methyl/N-ethyl adjacent to an activating group) is 1. The van der Waals surface area contributed by atoms with Crippen LogP contribution in [-0.2, 0) is 18.4 Å². The van der Waals surface area contributed by atoms with E-state index >= 15 is 0 Å². The van der Waals surface area contributed by atoms with Crippen molar-refractivity contribution in [2.75, 3.05) is 40.9 Å². The summed E-state index contributed by atoms with van der Waals surface area (Å²) >= 11 is 0. The zero-order valence-corrected chi connectivity index (χ0v) is 41.2. The molecule has 2 N–H and O–H groups in total. The number of quaternary nitrogens is 1. The van der Waals surface area contributed by atoms with Crippen LogP contribution in [0.15, 0.2) is 60.8 Å². The third kappa shape index (κ3) is 46.0. The molecule has 61 heavy (non-hydrogen) atoms. The van der Waals surface area contributed by atoms with Gasteiger partial charge in [0.05, 0.1) is 39.9 Å². The number of carbonyl (C=O) groups is 1. The second kappa shape index (κ2) is 43.5. The van der Waals surface area contributed by atoms with Crippen LogP contribution in [-0.4, -0.2) is 68.5 Å². The zero-order chi connectivity index (χ0) is 45.0. The number of aliphatic hydroxyl groups is 1. The molecule has 8 nitrogen and oxygen atoms in total. The fourth-order valence-corrected chi connectivity index (χ4v) is 7.64. The van der Waals surface area contributed by atoms with Gasteiger partial charge in [-0.1, -0.05) is 190 Å². The molecule has 0 heterocycles. The number of allylic oxidation sites excluding steroid dienone is 9. The number of nitrogens with zero attached hydrogens (tertiary/aromatic N) is 1. The van der Waals surface area contributed by atoms with Gasteiger partial charge in [0.25, 0.3) is 7.82 Å². The van der Waals surface area contributed by atoms with Gasteiger partial charge in [-0.15, -0.1) is 0 Å². The minimum atomic E-state index is -4.60. The number of aliphatic hydroxyl groups excluding tert-OH is 1. The monoisotopic (exact) mass is 877 g/mol. The van der Waals surface area contributed by atoms with Crippen molar-refractivity contribution in [1.29, 1.82) is 0 Å². The Morgan fingerprint density at radius 1 is 0.574 bits per heavy atom. The third-order valence-electron chi connectivity index (χ3n) is 10.9. The predicted octanol–water partition coefficient (Wildman–Crippen LogP) is 14.0. The van der Waals surface area contributed by atoms with Crippen molar-refractivity contribution in [2.24, 2.45) is 0 Å². The molecule has 3 unspecified atom stereocenters. The van der Waals surface area contributed by atoms with E-state index < -0.39 is 26.6 Å². The number of unbranched alkanes of at least 4 members (excludes halogenated alkanes) is 24. The molecule has 0 saturated carbocycles. The van der Waals surface area contributed by atoms with Gasteiger partial charge in [0, 0.05) is 6.42 Å². The molecule has 356 valence electrons. The summed E-state index contributed by atoms with van der Waals surface area (Å²) in [6.45, 7) is 4.59. The van der Waals surface area contributed by atoms with Crippen LogP contribution in [0.3, 0.4) is 0 Å². The molecule has 0 aliphatic heterocycles. The van der Waals surface area contributed by atoms with Crippen molar-refractivity contribution >= 4 is 13.7 Å². The quantitative estimate of drug-likeness (QED) is 0.0273. The maximum Gasteiger partial charge on any atom is 0.268 e. The van der Waals surface area contributed by atoms with E-state index in [1.807, 2.05) is 27.2 Å². The molecule has 0 saturated heterocycles. The first-order valence-corrected chi connectivity index (χ1v) is 26.6.